The molecule has 27 heavy (non-hydrogen) atoms. The summed E-state index contributed by atoms with van der Waals surface area (Å²) in [5.41, 5.74) is 4.87. The minimum absolute atomic E-state index is 0.00537. The number of carbonyl (C=O) groups excluding carboxylic acids is 1. The van der Waals surface area contributed by atoms with Crippen molar-refractivity contribution in [3.63, 3.8) is 0 Å². The highest BCUT2D eigenvalue weighted by atomic mass is 16.2. The summed E-state index contributed by atoms with van der Waals surface area (Å²) in [6.07, 6.45) is 6.77. The van der Waals surface area contributed by atoms with Crippen molar-refractivity contribution in [2.45, 2.75) is 58.5 Å². The van der Waals surface area contributed by atoms with Crippen molar-refractivity contribution < 1.29 is 4.79 Å². The normalized spacial score (nSPS) is 20.6. The molecule has 4 heterocycles. The number of hydrogen-bond donors (Lipinski definition) is 1. The van der Waals surface area contributed by atoms with Gasteiger partial charge in [0.2, 0.25) is 0 Å². The fourth-order valence-corrected chi connectivity index (χ4v) is 4.20. The van der Waals surface area contributed by atoms with Gasteiger partial charge in [-0.15, -0.1) is 0 Å². The summed E-state index contributed by atoms with van der Waals surface area (Å²) in [6.45, 7) is 6.69. The maximum Gasteiger partial charge on any atom is 0.275 e. The second-order valence-electron chi connectivity index (χ2n) is 7.73. The molecule has 0 aromatic carbocycles. The van der Waals surface area contributed by atoms with E-state index in [0.29, 0.717) is 5.69 Å². The molecule has 1 N–H and O–H groups in total. The van der Waals surface area contributed by atoms with Crippen molar-refractivity contribution in [2.75, 3.05) is 20.1 Å². The van der Waals surface area contributed by atoms with Crippen LogP contribution in [0.5, 0.6) is 0 Å². The molecule has 0 radical (unpaired) electrons. The Kier molecular flexibility index (Phi) is 4.95. The zero-order chi connectivity index (χ0) is 19.0. The fourth-order valence-electron chi connectivity index (χ4n) is 4.20. The van der Waals surface area contributed by atoms with Crippen LogP contribution in [-0.2, 0) is 19.4 Å². The number of rotatable bonds is 3. The molecule has 144 valence electrons. The maximum absolute atomic E-state index is 13.2. The van der Waals surface area contributed by atoms with Crippen molar-refractivity contribution >= 4 is 5.91 Å². The average molecular weight is 368 g/mol. The smallest absolute Gasteiger partial charge is 0.275 e. The lowest BCUT2D eigenvalue weighted by Gasteiger charge is -2.35. The molecule has 2 aromatic heterocycles. The molecule has 0 aliphatic carbocycles. The Morgan fingerprint density at radius 1 is 1.33 bits per heavy atom. The molecule has 1 fully saturated rings. The number of amides is 1. The minimum atomic E-state index is -0.0580. The molecule has 2 aliphatic heterocycles. The molecule has 2 aromatic rings. The zero-order valence-corrected chi connectivity index (χ0v) is 16.5. The number of likely N-dealkylation sites (tertiary alicyclic amines) is 1. The Balaban J connectivity index is 1.63. The largest absolute Gasteiger partial charge is 0.327 e. The number of likely N-dealkylation sites (N-methyl/N-ethyl adjacent to an activating group) is 1. The molecule has 7 heteroatoms. The van der Waals surface area contributed by atoms with Gasteiger partial charge in [0.15, 0.2) is 11.5 Å². The Labute approximate surface area is 160 Å². The number of H-pyrrole nitrogens is 1. The molecule has 0 unspecified atom stereocenters. The molecule has 1 amide bonds. The molecule has 2 aliphatic rings. The van der Waals surface area contributed by atoms with E-state index in [1.807, 2.05) is 18.0 Å². The van der Waals surface area contributed by atoms with Gasteiger partial charge in [-0.25, -0.2) is 9.97 Å². The van der Waals surface area contributed by atoms with Gasteiger partial charge in [-0.1, -0.05) is 6.92 Å². The van der Waals surface area contributed by atoms with Crippen LogP contribution in [0.4, 0.5) is 0 Å². The highest BCUT2D eigenvalue weighted by Gasteiger charge is 2.33. The van der Waals surface area contributed by atoms with E-state index in [9.17, 15) is 4.79 Å². The van der Waals surface area contributed by atoms with Crippen molar-refractivity contribution in [2.24, 2.45) is 0 Å². The van der Waals surface area contributed by atoms with Crippen molar-refractivity contribution in [1.82, 2.24) is 30.0 Å². The molecular weight excluding hydrogens is 340 g/mol. The first-order chi connectivity index (χ1) is 13.1. The lowest BCUT2D eigenvalue weighted by atomic mass is 9.99. The zero-order valence-electron chi connectivity index (χ0n) is 16.5. The fraction of sp³-hybridized carbons (Fsp3) is 0.600. The van der Waals surface area contributed by atoms with Crippen LogP contribution in [0, 0.1) is 6.92 Å². The van der Waals surface area contributed by atoms with Crippen molar-refractivity contribution in [3.05, 3.63) is 40.2 Å². The number of aromatic amines is 1. The standard InChI is InChI=1S/C20H28N6O/c1-4-15-13(2)18(24-23-15)20(27)26-9-6-5-7-17(26)19-21-11-14-12-25(3)10-8-16(14)22-19/h11,17H,4-10,12H2,1-3H3,(H,23,24)/t17-/m1/s1. The van der Waals surface area contributed by atoms with Crippen LogP contribution >= 0.6 is 0 Å². The Morgan fingerprint density at radius 2 is 2.19 bits per heavy atom. The summed E-state index contributed by atoms with van der Waals surface area (Å²) in [5, 5.41) is 7.32. The first-order valence-corrected chi connectivity index (χ1v) is 9.96. The highest BCUT2D eigenvalue weighted by Crippen LogP contribution is 2.31. The summed E-state index contributed by atoms with van der Waals surface area (Å²) < 4.78 is 0. The predicted octanol–water partition coefficient (Wildman–Crippen LogP) is 2.43. The molecular formula is C20H28N6O. The number of fused-ring (bicyclic) bond motifs is 1. The maximum atomic E-state index is 13.2. The molecule has 4 rings (SSSR count). The molecule has 1 atom stereocenters. The minimum Gasteiger partial charge on any atom is -0.327 e. The molecule has 7 nitrogen and oxygen atoms in total. The van der Waals surface area contributed by atoms with Gasteiger partial charge in [0.05, 0.1) is 6.04 Å². The highest BCUT2D eigenvalue weighted by molar-refractivity contribution is 5.94. The molecule has 0 saturated carbocycles. The number of nitrogens with zero attached hydrogens (tertiary/aromatic N) is 5. The quantitative estimate of drug-likeness (QED) is 0.900. The topological polar surface area (TPSA) is 78.0 Å². The first-order valence-electron chi connectivity index (χ1n) is 9.96. The van der Waals surface area contributed by atoms with Gasteiger partial charge in [-0.3, -0.25) is 9.89 Å². The number of nitrogens with one attached hydrogen (secondary N) is 1. The number of carbonyl (C=O) groups is 1. The van der Waals surface area contributed by atoms with Crippen LogP contribution in [0.25, 0.3) is 0 Å². The van der Waals surface area contributed by atoms with Crippen molar-refractivity contribution in [3.8, 4) is 0 Å². The third kappa shape index (κ3) is 3.36. The number of piperidine rings is 1. The van der Waals surface area contributed by atoms with Gasteiger partial charge in [-0.2, -0.15) is 5.10 Å². The van der Waals surface area contributed by atoms with E-state index in [1.54, 1.807) is 0 Å². The van der Waals surface area contributed by atoms with E-state index in [1.165, 1.54) is 5.56 Å². The SMILES string of the molecule is CCc1[nH]nc(C(=O)N2CCCC[C@@H]2c2ncc3c(n2)CCN(C)C3)c1C. The van der Waals surface area contributed by atoms with E-state index in [-0.39, 0.29) is 11.9 Å². The van der Waals surface area contributed by atoms with Gasteiger partial charge in [0.1, 0.15) is 0 Å². The third-order valence-corrected chi connectivity index (χ3v) is 5.87. The Hall–Kier alpha value is -2.28. The average Bonchev–Trinajstić information content (AvgIpc) is 3.07. The monoisotopic (exact) mass is 368 g/mol. The van der Waals surface area contributed by atoms with E-state index in [2.05, 4.69) is 34.1 Å². The summed E-state index contributed by atoms with van der Waals surface area (Å²) >= 11 is 0. The van der Waals surface area contributed by atoms with Crippen LogP contribution in [0.1, 0.15) is 71.1 Å². The lowest BCUT2D eigenvalue weighted by molar-refractivity contribution is 0.0592. The summed E-state index contributed by atoms with van der Waals surface area (Å²) in [4.78, 5) is 27.0. The van der Waals surface area contributed by atoms with E-state index in [0.717, 1.165) is 74.5 Å². The summed E-state index contributed by atoms with van der Waals surface area (Å²) in [6, 6.07) is -0.0580. The predicted molar refractivity (Wildman–Crippen MR) is 102 cm³/mol. The van der Waals surface area contributed by atoms with Gasteiger partial charge in [-0.05, 0) is 39.7 Å². The lowest BCUT2D eigenvalue weighted by Crippen LogP contribution is -2.40. The Morgan fingerprint density at radius 3 is 2.96 bits per heavy atom. The first kappa shape index (κ1) is 18.1. The number of aromatic nitrogens is 4. The van der Waals surface area contributed by atoms with Crippen LogP contribution in [0.15, 0.2) is 6.20 Å². The van der Waals surface area contributed by atoms with Gasteiger partial charge in [0.25, 0.3) is 5.91 Å². The van der Waals surface area contributed by atoms with E-state index >= 15 is 0 Å². The van der Waals surface area contributed by atoms with Crippen molar-refractivity contribution in [1.29, 1.82) is 0 Å². The van der Waals surface area contributed by atoms with E-state index in [4.69, 9.17) is 4.98 Å². The van der Waals surface area contributed by atoms with Gasteiger partial charge in [0, 0.05) is 54.8 Å². The van der Waals surface area contributed by atoms with Crippen LogP contribution < -0.4 is 0 Å². The number of aryl methyl sites for hydroxylation is 1. The molecule has 0 bridgehead atoms. The van der Waals surface area contributed by atoms with Crippen LogP contribution in [0.2, 0.25) is 0 Å². The van der Waals surface area contributed by atoms with Gasteiger partial charge >= 0.3 is 0 Å². The molecule has 0 spiro atoms. The second-order valence-corrected chi connectivity index (χ2v) is 7.73. The summed E-state index contributed by atoms with van der Waals surface area (Å²) in [7, 11) is 2.12. The third-order valence-electron chi connectivity index (χ3n) is 5.87. The van der Waals surface area contributed by atoms with E-state index < -0.39 is 0 Å². The Bertz CT molecular complexity index is 845. The van der Waals surface area contributed by atoms with Gasteiger partial charge < -0.3 is 9.80 Å². The molecule has 1 saturated heterocycles. The second kappa shape index (κ2) is 7.38. The van der Waals surface area contributed by atoms with Crippen LogP contribution in [0.3, 0.4) is 0 Å². The van der Waals surface area contributed by atoms with Crippen LogP contribution in [-0.4, -0.2) is 56.0 Å². The summed E-state index contributed by atoms with van der Waals surface area (Å²) in [5.74, 6) is 0.782. The number of hydrogen-bond acceptors (Lipinski definition) is 5.